The average molecular weight is 302 g/mol. The van der Waals surface area contributed by atoms with E-state index < -0.39 is 4.92 Å². The van der Waals surface area contributed by atoms with E-state index in [-0.39, 0.29) is 10.9 Å². The number of carbonyl (C=O) groups excluding carboxylic acids is 1. The summed E-state index contributed by atoms with van der Waals surface area (Å²) in [5.41, 5.74) is 1.92. The van der Waals surface area contributed by atoms with Crippen LogP contribution in [0.4, 0.5) is 10.7 Å². The van der Waals surface area contributed by atoms with Crippen LogP contribution < -0.4 is 5.32 Å². The fourth-order valence-corrected chi connectivity index (χ4v) is 2.42. The molecule has 0 saturated heterocycles. The minimum atomic E-state index is -0.447. The Kier molecular flexibility index (Phi) is 4.84. The van der Waals surface area contributed by atoms with Crippen molar-refractivity contribution in [3.05, 3.63) is 63.0 Å². The number of benzene rings is 1. The Morgan fingerprint density at radius 3 is 2.57 bits per heavy atom. The van der Waals surface area contributed by atoms with Gasteiger partial charge < -0.3 is 5.32 Å². The van der Waals surface area contributed by atoms with Crippen LogP contribution in [-0.4, -0.2) is 10.8 Å². The second-order valence-corrected chi connectivity index (χ2v) is 5.40. The van der Waals surface area contributed by atoms with Gasteiger partial charge in [-0.05, 0) is 36.3 Å². The van der Waals surface area contributed by atoms with Crippen LogP contribution in [-0.2, 0) is 11.2 Å². The standard InChI is InChI=1S/C15H14N2O3S/c1-2-11-3-5-12(6-4-11)16-14(18)9-7-13-8-10-15(21-13)17(19)20/h3-10H,2H2,1H3,(H,16,18)/b9-7+. The summed E-state index contributed by atoms with van der Waals surface area (Å²) in [5.74, 6) is -0.268. The maximum absolute atomic E-state index is 11.8. The first-order chi connectivity index (χ1) is 10.1. The van der Waals surface area contributed by atoms with Crippen molar-refractivity contribution in [1.82, 2.24) is 0 Å². The highest BCUT2D eigenvalue weighted by atomic mass is 32.1. The van der Waals surface area contributed by atoms with Crippen LogP contribution in [0, 0.1) is 10.1 Å². The van der Waals surface area contributed by atoms with E-state index in [1.807, 2.05) is 24.3 Å². The molecule has 1 heterocycles. The van der Waals surface area contributed by atoms with Crippen molar-refractivity contribution in [1.29, 1.82) is 0 Å². The monoisotopic (exact) mass is 302 g/mol. The summed E-state index contributed by atoms with van der Waals surface area (Å²) >= 11 is 1.03. The van der Waals surface area contributed by atoms with Gasteiger partial charge in [-0.1, -0.05) is 30.4 Å². The van der Waals surface area contributed by atoms with Gasteiger partial charge in [-0.3, -0.25) is 14.9 Å². The number of thiophene rings is 1. The van der Waals surface area contributed by atoms with Crippen molar-refractivity contribution in [2.45, 2.75) is 13.3 Å². The zero-order valence-electron chi connectivity index (χ0n) is 11.4. The van der Waals surface area contributed by atoms with Crippen molar-refractivity contribution in [2.24, 2.45) is 0 Å². The SMILES string of the molecule is CCc1ccc(NC(=O)/C=C/c2ccc([N+](=O)[O-])s2)cc1. The summed E-state index contributed by atoms with van der Waals surface area (Å²) in [5, 5.41) is 13.4. The van der Waals surface area contributed by atoms with E-state index in [4.69, 9.17) is 0 Å². The van der Waals surface area contributed by atoms with Gasteiger partial charge in [0.2, 0.25) is 5.91 Å². The fourth-order valence-electron chi connectivity index (χ4n) is 1.70. The second-order valence-electron chi connectivity index (χ2n) is 4.31. The van der Waals surface area contributed by atoms with Gasteiger partial charge in [0.05, 0.1) is 4.92 Å². The molecule has 1 aromatic carbocycles. The van der Waals surface area contributed by atoms with Crippen molar-refractivity contribution in [2.75, 3.05) is 5.32 Å². The molecule has 1 N–H and O–H groups in total. The number of nitrogens with one attached hydrogen (secondary N) is 1. The van der Waals surface area contributed by atoms with Crippen LogP contribution in [0.2, 0.25) is 0 Å². The zero-order valence-corrected chi connectivity index (χ0v) is 12.2. The normalized spacial score (nSPS) is 10.7. The molecule has 21 heavy (non-hydrogen) atoms. The third-order valence-corrected chi connectivity index (χ3v) is 3.82. The largest absolute Gasteiger partial charge is 0.324 e. The Hall–Kier alpha value is -2.47. The molecular formula is C15H14N2O3S. The van der Waals surface area contributed by atoms with Gasteiger partial charge >= 0.3 is 5.00 Å². The van der Waals surface area contributed by atoms with Crippen LogP contribution >= 0.6 is 11.3 Å². The van der Waals surface area contributed by atoms with Crippen molar-refractivity contribution < 1.29 is 9.72 Å². The molecule has 0 aliphatic heterocycles. The molecule has 0 bridgehead atoms. The van der Waals surface area contributed by atoms with Gasteiger partial charge in [0.15, 0.2) is 0 Å². The van der Waals surface area contributed by atoms with Gasteiger partial charge in [-0.25, -0.2) is 0 Å². The first kappa shape index (κ1) is 14.9. The van der Waals surface area contributed by atoms with E-state index >= 15 is 0 Å². The molecule has 1 amide bonds. The zero-order chi connectivity index (χ0) is 15.2. The molecule has 0 radical (unpaired) electrons. The maximum Gasteiger partial charge on any atom is 0.324 e. The van der Waals surface area contributed by atoms with E-state index in [0.29, 0.717) is 4.88 Å². The molecule has 6 heteroatoms. The first-order valence-corrected chi connectivity index (χ1v) is 7.22. The Bertz CT molecular complexity index is 674. The summed E-state index contributed by atoms with van der Waals surface area (Å²) in [6.07, 6.45) is 3.88. The van der Waals surface area contributed by atoms with Gasteiger partial charge in [0.25, 0.3) is 0 Å². The number of carbonyl (C=O) groups is 1. The predicted molar refractivity (Wildman–Crippen MR) is 84.5 cm³/mol. The molecule has 0 atom stereocenters. The Morgan fingerprint density at radius 2 is 2.00 bits per heavy atom. The third-order valence-electron chi connectivity index (χ3n) is 2.82. The first-order valence-electron chi connectivity index (χ1n) is 6.40. The molecule has 108 valence electrons. The lowest BCUT2D eigenvalue weighted by Crippen LogP contribution is -2.07. The van der Waals surface area contributed by atoms with E-state index in [1.165, 1.54) is 17.7 Å². The van der Waals surface area contributed by atoms with E-state index in [9.17, 15) is 14.9 Å². The number of rotatable bonds is 5. The smallest absolute Gasteiger partial charge is 0.323 e. The molecule has 0 saturated carbocycles. The minimum Gasteiger partial charge on any atom is -0.323 e. The lowest BCUT2D eigenvalue weighted by Gasteiger charge is -2.02. The summed E-state index contributed by atoms with van der Waals surface area (Å²) in [7, 11) is 0. The van der Waals surface area contributed by atoms with Gasteiger partial charge in [0, 0.05) is 22.7 Å². The molecule has 1 aromatic heterocycles. The van der Waals surface area contributed by atoms with Crippen molar-refractivity contribution in [3.63, 3.8) is 0 Å². The van der Waals surface area contributed by atoms with E-state index in [1.54, 1.807) is 12.1 Å². The number of aryl methyl sites for hydroxylation is 1. The van der Waals surface area contributed by atoms with Crippen LogP contribution in [0.1, 0.15) is 17.4 Å². The Morgan fingerprint density at radius 1 is 1.29 bits per heavy atom. The van der Waals surface area contributed by atoms with Crippen LogP contribution in [0.5, 0.6) is 0 Å². The van der Waals surface area contributed by atoms with Crippen LogP contribution in [0.15, 0.2) is 42.5 Å². The maximum atomic E-state index is 11.8. The number of nitro groups is 1. The third kappa shape index (κ3) is 4.25. The highest BCUT2D eigenvalue weighted by Gasteiger charge is 2.07. The molecule has 0 aliphatic rings. The Balaban J connectivity index is 1.96. The molecule has 5 nitrogen and oxygen atoms in total. The topological polar surface area (TPSA) is 72.2 Å². The molecule has 2 aromatic rings. The molecular weight excluding hydrogens is 288 g/mol. The molecule has 0 fully saturated rings. The summed E-state index contributed by atoms with van der Waals surface area (Å²) in [6, 6.07) is 10.7. The minimum absolute atomic E-state index is 0.0604. The lowest BCUT2D eigenvalue weighted by atomic mass is 10.1. The van der Waals surface area contributed by atoms with Gasteiger partial charge in [-0.2, -0.15) is 0 Å². The summed E-state index contributed by atoms with van der Waals surface area (Å²) in [6.45, 7) is 2.07. The number of hydrogen-bond donors (Lipinski definition) is 1. The van der Waals surface area contributed by atoms with Crippen LogP contribution in [0.25, 0.3) is 6.08 Å². The number of amides is 1. The average Bonchev–Trinajstić information content (AvgIpc) is 2.95. The number of hydrogen-bond acceptors (Lipinski definition) is 4. The quantitative estimate of drug-likeness (QED) is 0.517. The second kappa shape index (κ2) is 6.81. The fraction of sp³-hybridized carbons (Fsp3) is 0.133. The molecule has 0 unspecified atom stereocenters. The predicted octanol–water partition coefficient (Wildman–Crippen LogP) is 3.87. The van der Waals surface area contributed by atoms with Gasteiger partial charge in [-0.15, -0.1) is 0 Å². The number of anilines is 1. The molecule has 0 spiro atoms. The van der Waals surface area contributed by atoms with E-state index in [2.05, 4.69) is 12.2 Å². The van der Waals surface area contributed by atoms with Gasteiger partial charge in [0.1, 0.15) is 0 Å². The number of nitrogens with zero attached hydrogens (tertiary/aromatic N) is 1. The summed E-state index contributed by atoms with van der Waals surface area (Å²) < 4.78 is 0. The highest BCUT2D eigenvalue weighted by molar-refractivity contribution is 7.16. The van der Waals surface area contributed by atoms with Crippen LogP contribution in [0.3, 0.4) is 0 Å². The Labute approximate surface area is 126 Å². The lowest BCUT2D eigenvalue weighted by molar-refractivity contribution is -0.380. The molecule has 2 rings (SSSR count). The highest BCUT2D eigenvalue weighted by Crippen LogP contribution is 2.24. The van der Waals surface area contributed by atoms with Crippen molar-refractivity contribution in [3.8, 4) is 0 Å². The summed E-state index contributed by atoms with van der Waals surface area (Å²) in [4.78, 5) is 22.5. The van der Waals surface area contributed by atoms with E-state index in [0.717, 1.165) is 23.4 Å². The van der Waals surface area contributed by atoms with Crippen molar-refractivity contribution >= 4 is 34.0 Å². The molecule has 0 aliphatic carbocycles.